The van der Waals surface area contributed by atoms with E-state index in [1.165, 1.54) is 28.9 Å². The van der Waals surface area contributed by atoms with Crippen molar-refractivity contribution in [1.82, 2.24) is 0 Å². The molecule has 2 aliphatic heterocycles. The first-order valence-electron chi connectivity index (χ1n) is 7.25. The van der Waals surface area contributed by atoms with Crippen LogP contribution in [0, 0.1) is 5.82 Å². The standard InChI is InChI=1S/C17H17FN2/c18-14-7-6-12-8-10-20(16(12)11-14)15-5-1-3-13-4-2-9-19-17(13)15/h1,3,5-7,11,19H,2,4,8-10H2. The molecule has 0 saturated carbocycles. The zero-order valence-corrected chi connectivity index (χ0v) is 11.3. The van der Waals surface area contributed by atoms with Gasteiger partial charge in [0.15, 0.2) is 0 Å². The lowest BCUT2D eigenvalue weighted by Crippen LogP contribution is -2.19. The lowest BCUT2D eigenvalue weighted by molar-refractivity contribution is 0.628. The first-order valence-corrected chi connectivity index (χ1v) is 7.25. The largest absolute Gasteiger partial charge is 0.383 e. The van der Waals surface area contributed by atoms with Crippen molar-refractivity contribution in [2.45, 2.75) is 19.3 Å². The molecule has 0 unspecified atom stereocenters. The second-order valence-electron chi connectivity index (χ2n) is 5.52. The molecule has 0 fully saturated rings. The SMILES string of the molecule is Fc1ccc2c(c1)N(c1cccc3c1NCCC3)CC2. The average molecular weight is 268 g/mol. The van der Waals surface area contributed by atoms with Gasteiger partial charge in [-0.3, -0.25) is 0 Å². The molecule has 0 aliphatic carbocycles. The highest BCUT2D eigenvalue weighted by molar-refractivity contribution is 5.82. The third kappa shape index (κ3) is 1.77. The first-order chi connectivity index (χ1) is 9.83. The van der Waals surface area contributed by atoms with Crippen molar-refractivity contribution in [2.75, 3.05) is 23.3 Å². The highest BCUT2D eigenvalue weighted by Crippen LogP contribution is 2.41. The lowest BCUT2D eigenvalue weighted by Gasteiger charge is -2.27. The molecule has 0 aromatic heterocycles. The van der Waals surface area contributed by atoms with E-state index in [0.717, 1.165) is 31.6 Å². The number of hydrogen-bond donors (Lipinski definition) is 1. The number of hydrogen-bond acceptors (Lipinski definition) is 2. The molecule has 0 amide bonds. The van der Waals surface area contributed by atoms with E-state index in [2.05, 4.69) is 28.4 Å². The summed E-state index contributed by atoms with van der Waals surface area (Å²) in [6, 6.07) is 11.6. The minimum Gasteiger partial charge on any atom is -0.383 e. The van der Waals surface area contributed by atoms with Gasteiger partial charge in [0.2, 0.25) is 0 Å². The molecule has 0 bridgehead atoms. The van der Waals surface area contributed by atoms with Crippen molar-refractivity contribution in [2.24, 2.45) is 0 Å². The topological polar surface area (TPSA) is 15.3 Å². The Morgan fingerprint density at radius 1 is 1.00 bits per heavy atom. The van der Waals surface area contributed by atoms with Crippen LogP contribution in [0.2, 0.25) is 0 Å². The zero-order chi connectivity index (χ0) is 13.5. The van der Waals surface area contributed by atoms with Crippen LogP contribution in [0.4, 0.5) is 21.5 Å². The maximum Gasteiger partial charge on any atom is 0.125 e. The fourth-order valence-corrected chi connectivity index (χ4v) is 3.32. The summed E-state index contributed by atoms with van der Waals surface area (Å²) in [6.45, 7) is 1.95. The summed E-state index contributed by atoms with van der Waals surface area (Å²) in [5.41, 5.74) is 6.05. The minimum absolute atomic E-state index is 0.159. The van der Waals surface area contributed by atoms with E-state index in [1.54, 1.807) is 12.1 Å². The van der Waals surface area contributed by atoms with Crippen molar-refractivity contribution in [3.8, 4) is 0 Å². The van der Waals surface area contributed by atoms with Crippen LogP contribution in [-0.2, 0) is 12.8 Å². The summed E-state index contributed by atoms with van der Waals surface area (Å²) in [5, 5.41) is 3.52. The molecular formula is C17H17FN2. The van der Waals surface area contributed by atoms with Gasteiger partial charge in [0.25, 0.3) is 0 Å². The van der Waals surface area contributed by atoms with E-state index in [4.69, 9.17) is 0 Å². The van der Waals surface area contributed by atoms with E-state index >= 15 is 0 Å². The van der Waals surface area contributed by atoms with Crippen LogP contribution in [-0.4, -0.2) is 13.1 Å². The van der Waals surface area contributed by atoms with Gasteiger partial charge >= 0.3 is 0 Å². The number of rotatable bonds is 1. The van der Waals surface area contributed by atoms with Crippen LogP contribution in [0.5, 0.6) is 0 Å². The van der Waals surface area contributed by atoms with Gasteiger partial charge in [0.1, 0.15) is 5.82 Å². The summed E-state index contributed by atoms with van der Waals surface area (Å²) < 4.78 is 13.5. The zero-order valence-electron chi connectivity index (χ0n) is 11.3. The second kappa shape index (κ2) is 4.51. The van der Waals surface area contributed by atoms with Gasteiger partial charge in [0, 0.05) is 18.8 Å². The maximum atomic E-state index is 13.5. The Kier molecular flexibility index (Phi) is 2.66. The molecule has 2 aliphatic rings. The van der Waals surface area contributed by atoms with Crippen LogP contribution < -0.4 is 10.2 Å². The predicted octanol–water partition coefficient (Wildman–Crippen LogP) is 3.88. The normalized spacial score (nSPS) is 16.6. The molecule has 2 nitrogen and oxygen atoms in total. The Hall–Kier alpha value is -2.03. The summed E-state index contributed by atoms with van der Waals surface area (Å²) in [7, 11) is 0. The molecule has 0 saturated heterocycles. The fraction of sp³-hybridized carbons (Fsp3) is 0.294. The molecule has 4 rings (SSSR count). The molecule has 3 heteroatoms. The van der Waals surface area contributed by atoms with Crippen LogP contribution in [0.1, 0.15) is 17.5 Å². The molecule has 2 aromatic rings. The maximum absolute atomic E-state index is 13.5. The number of halogens is 1. The summed E-state index contributed by atoms with van der Waals surface area (Å²) in [5.74, 6) is -0.159. The van der Waals surface area contributed by atoms with E-state index in [0.29, 0.717) is 0 Å². The van der Waals surface area contributed by atoms with Gasteiger partial charge < -0.3 is 10.2 Å². The highest BCUT2D eigenvalue weighted by atomic mass is 19.1. The number of para-hydroxylation sites is 1. The first kappa shape index (κ1) is 11.8. The van der Waals surface area contributed by atoms with Gasteiger partial charge in [0.05, 0.1) is 11.4 Å². The smallest absolute Gasteiger partial charge is 0.125 e. The van der Waals surface area contributed by atoms with Crippen molar-refractivity contribution in [1.29, 1.82) is 0 Å². The Labute approximate surface area is 118 Å². The predicted molar refractivity (Wildman–Crippen MR) is 80.4 cm³/mol. The number of fused-ring (bicyclic) bond motifs is 2. The van der Waals surface area contributed by atoms with E-state index in [-0.39, 0.29) is 5.82 Å². The van der Waals surface area contributed by atoms with E-state index < -0.39 is 0 Å². The fourth-order valence-electron chi connectivity index (χ4n) is 3.32. The number of aryl methyl sites for hydroxylation is 1. The third-order valence-corrected chi connectivity index (χ3v) is 4.29. The summed E-state index contributed by atoms with van der Waals surface area (Å²) in [4.78, 5) is 2.25. The van der Waals surface area contributed by atoms with Gasteiger partial charge in [-0.1, -0.05) is 18.2 Å². The third-order valence-electron chi connectivity index (χ3n) is 4.29. The summed E-state index contributed by atoms with van der Waals surface area (Å²) in [6.07, 6.45) is 3.29. The lowest BCUT2D eigenvalue weighted by atomic mass is 10.0. The van der Waals surface area contributed by atoms with Crippen LogP contribution in [0.3, 0.4) is 0 Å². The number of nitrogens with zero attached hydrogens (tertiary/aromatic N) is 1. The van der Waals surface area contributed by atoms with Crippen molar-refractivity contribution >= 4 is 17.1 Å². The molecule has 20 heavy (non-hydrogen) atoms. The van der Waals surface area contributed by atoms with Crippen molar-refractivity contribution in [3.63, 3.8) is 0 Å². The van der Waals surface area contributed by atoms with E-state index in [9.17, 15) is 4.39 Å². The Balaban J connectivity index is 1.82. The number of nitrogens with one attached hydrogen (secondary N) is 1. The van der Waals surface area contributed by atoms with Crippen LogP contribution >= 0.6 is 0 Å². The molecule has 0 atom stereocenters. The number of anilines is 3. The highest BCUT2D eigenvalue weighted by Gasteiger charge is 2.24. The molecular weight excluding hydrogens is 251 g/mol. The van der Waals surface area contributed by atoms with Crippen molar-refractivity contribution < 1.29 is 4.39 Å². The summed E-state index contributed by atoms with van der Waals surface area (Å²) >= 11 is 0. The molecule has 102 valence electrons. The van der Waals surface area contributed by atoms with Gasteiger partial charge in [-0.2, -0.15) is 0 Å². The molecule has 0 radical (unpaired) electrons. The minimum atomic E-state index is -0.159. The van der Waals surface area contributed by atoms with Crippen LogP contribution in [0.25, 0.3) is 0 Å². The van der Waals surface area contributed by atoms with Crippen molar-refractivity contribution in [3.05, 3.63) is 53.3 Å². The molecule has 2 aromatic carbocycles. The van der Waals surface area contributed by atoms with E-state index in [1.807, 2.05) is 6.07 Å². The van der Waals surface area contributed by atoms with Gasteiger partial charge in [-0.15, -0.1) is 0 Å². The average Bonchev–Trinajstić information content (AvgIpc) is 2.89. The number of benzene rings is 2. The molecule has 1 N–H and O–H groups in total. The Bertz CT molecular complexity index is 666. The quantitative estimate of drug-likeness (QED) is 0.844. The second-order valence-corrected chi connectivity index (χ2v) is 5.52. The van der Waals surface area contributed by atoms with Gasteiger partial charge in [-0.25, -0.2) is 4.39 Å². The van der Waals surface area contributed by atoms with Crippen LogP contribution in [0.15, 0.2) is 36.4 Å². The molecule has 0 spiro atoms. The Morgan fingerprint density at radius 3 is 2.90 bits per heavy atom. The Morgan fingerprint density at radius 2 is 1.95 bits per heavy atom. The molecule has 2 heterocycles. The monoisotopic (exact) mass is 268 g/mol. The van der Waals surface area contributed by atoms with Gasteiger partial charge in [-0.05, 0) is 48.6 Å².